The van der Waals surface area contributed by atoms with Crippen molar-refractivity contribution in [2.75, 3.05) is 33.7 Å². The Bertz CT molecular complexity index is 607. The SMILES string of the molecule is CN1CCC(CN(C)S(=O)(=O)c2ccc(Cl)c(CCl)c2)C1. The first kappa shape index (κ1) is 17.0. The minimum atomic E-state index is -3.50. The molecule has 1 aromatic carbocycles. The van der Waals surface area contributed by atoms with Crippen LogP contribution in [0, 0.1) is 5.92 Å². The van der Waals surface area contributed by atoms with E-state index in [9.17, 15) is 8.42 Å². The number of hydrogen-bond acceptors (Lipinski definition) is 3. The highest BCUT2D eigenvalue weighted by molar-refractivity contribution is 7.89. The molecule has 118 valence electrons. The first-order chi connectivity index (χ1) is 9.84. The molecular weight excluding hydrogens is 331 g/mol. The number of alkyl halides is 1. The zero-order chi connectivity index (χ0) is 15.6. The standard InChI is InChI=1S/C14H20Cl2N2O2S/c1-17-6-5-11(9-17)10-18(2)21(19,20)13-3-4-14(16)12(7-13)8-15/h3-4,7,11H,5-6,8-10H2,1-2H3. The van der Waals surface area contributed by atoms with Crippen LogP contribution in [0.15, 0.2) is 23.1 Å². The predicted molar refractivity (Wildman–Crippen MR) is 86.4 cm³/mol. The first-order valence-electron chi connectivity index (χ1n) is 6.84. The molecule has 0 amide bonds. The minimum absolute atomic E-state index is 0.194. The molecule has 0 aromatic heterocycles. The smallest absolute Gasteiger partial charge is 0.242 e. The van der Waals surface area contributed by atoms with Crippen LogP contribution in [-0.2, 0) is 15.9 Å². The molecule has 0 aliphatic carbocycles. The summed E-state index contributed by atoms with van der Waals surface area (Å²) in [5, 5.41) is 0.490. The van der Waals surface area contributed by atoms with Crippen molar-refractivity contribution in [2.24, 2.45) is 5.92 Å². The van der Waals surface area contributed by atoms with Gasteiger partial charge in [-0.3, -0.25) is 0 Å². The quantitative estimate of drug-likeness (QED) is 0.766. The summed E-state index contributed by atoms with van der Waals surface area (Å²) in [4.78, 5) is 2.47. The Morgan fingerprint density at radius 2 is 2.14 bits per heavy atom. The van der Waals surface area contributed by atoms with Gasteiger partial charge in [0.1, 0.15) is 0 Å². The Balaban J connectivity index is 2.17. The van der Waals surface area contributed by atoms with E-state index in [1.165, 1.54) is 10.4 Å². The van der Waals surface area contributed by atoms with E-state index < -0.39 is 10.0 Å². The highest BCUT2D eigenvalue weighted by Gasteiger charge is 2.27. The van der Waals surface area contributed by atoms with E-state index in [0.717, 1.165) is 19.5 Å². The molecule has 0 spiro atoms. The Labute approximate surface area is 136 Å². The molecular formula is C14H20Cl2N2O2S. The maximum atomic E-state index is 12.6. The highest BCUT2D eigenvalue weighted by atomic mass is 35.5. The summed E-state index contributed by atoms with van der Waals surface area (Å²) in [7, 11) is 0.188. The van der Waals surface area contributed by atoms with Crippen molar-refractivity contribution in [3.63, 3.8) is 0 Å². The van der Waals surface area contributed by atoms with Crippen molar-refractivity contribution in [3.05, 3.63) is 28.8 Å². The van der Waals surface area contributed by atoms with Gasteiger partial charge in [0, 0.05) is 31.0 Å². The van der Waals surface area contributed by atoms with Gasteiger partial charge in [0.15, 0.2) is 0 Å². The van der Waals surface area contributed by atoms with Gasteiger partial charge in [0.2, 0.25) is 10.0 Å². The second-order valence-electron chi connectivity index (χ2n) is 5.59. The van der Waals surface area contributed by atoms with Crippen LogP contribution in [0.4, 0.5) is 0 Å². The molecule has 0 N–H and O–H groups in total. The lowest BCUT2D eigenvalue weighted by atomic mass is 10.1. The first-order valence-corrected chi connectivity index (χ1v) is 9.19. The molecule has 1 aliphatic rings. The van der Waals surface area contributed by atoms with Gasteiger partial charge >= 0.3 is 0 Å². The van der Waals surface area contributed by atoms with Gasteiger partial charge in [0.05, 0.1) is 4.90 Å². The molecule has 0 bridgehead atoms. The topological polar surface area (TPSA) is 40.6 Å². The second-order valence-corrected chi connectivity index (χ2v) is 8.31. The van der Waals surface area contributed by atoms with Crippen molar-refractivity contribution in [1.82, 2.24) is 9.21 Å². The van der Waals surface area contributed by atoms with Crippen molar-refractivity contribution in [3.8, 4) is 0 Å². The molecule has 0 saturated carbocycles. The number of hydrogen-bond donors (Lipinski definition) is 0. The van der Waals surface area contributed by atoms with E-state index in [4.69, 9.17) is 23.2 Å². The van der Waals surface area contributed by atoms with Gasteiger partial charge in [-0.15, -0.1) is 11.6 Å². The summed E-state index contributed by atoms with van der Waals surface area (Å²) < 4.78 is 26.6. The van der Waals surface area contributed by atoms with E-state index in [1.54, 1.807) is 19.2 Å². The van der Waals surface area contributed by atoms with Gasteiger partial charge in [-0.25, -0.2) is 12.7 Å². The molecule has 1 fully saturated rings. The van der Waals surface area contributed by atoms with E-state index in [1.807, 2.05) is 0 Å². The van der Waals surface area contributed by atoms with Crippen LogP contribution in [-0.4, -0.2) is 51.4 Å². The van der Waals surface area contributed by atoms with Gasteiger partial charge in [-0.1, -0.05) is 11.6 Å². The fourth-order valence-electron chi connectivity index (χ4n) is 2.63. The lowest BCUT2D eigenvalue weighted by Gasteiger charge is -2.21. The van der Waals surface area contributed by atoms with Crippen LogP contribution >= 0.6 is 23.2 Å². The van der Waals surface area contributed by atoms with Gasteiger partial charge < -0.3 is 4.90 Å². The third-order valence-corrected chi connectivity index (χ3v) is 6.35. The third-order valence-electron chi connectivity index (χ3n) is 3.87. The highest BCUT2D eigenvalue weighted by Crippen LogP contribution is 2.25. The van der Waals surface area contributed by atoms with Crippen molar-refractivity contribution in [1.29, 1.82) is 0 Å². The molecule has 1 aromatic rings. The maximum absolute atomic E-state index is 12.6. The Morgan fingerprint density at radius 1 is 1.43 bits per heavy atom. The molecule has 1 aliphatic heterocycles. The van der Waals surface area contributed by atoms with Crippen LogP contribution in [0.2, 0.25) is 5.02 Å². The van der Waals surface area contributed by atoms with Crippen LogP contribution in [0.5, 0.6) is 0 Å². The number of sulfonamides is 1. The van der Waals surface area contributed by atoms with E-state index >= 15 is 0 Å². The normalized spacial score (nSPS) is 20.3. The number of nitrogens with zero attached hydrogens (tertiary/aromatic N) is 2. The van der Waals surface area contributed by atoms with E-state index in [2.05, 4.69) is 11.9 Å². The van der Waals surface area contributed by atoms with Gasteiger partial charge in [-0.05, 0) is 49.7 Å². The summed E-state index contributed by atoms with van der Waals surface area (Å²) in [6.45, 7) is 2.49. The summed E-state index contributed by atoms with van der Waals surface area (Å²) >= 11 is 11.8. The number of halogens is 2. The van der Waals surface area contributed by atoms with Crippen LogP contribution in [0.25, 0.3) is 0 Å². The monoisotopic (exact) mass is 350 g/mol. The number of likely N-dealkylation sites (tertiary alicyclic amines) is 1. The number of benzene rings is 1. The zero-order valence-electron chi connectivity index (χ0n) is 12.2. The zero-order valence-corrected chi connectivity index (χ0v) is 14.5. The molecule has 0 radical (unpaired) electrons. The fourth-order valence-corrected chi connectivity index (χ4v) is 4.40. The lowest BCUT2D eigenvalue weighted by molar-refractivity contribution is 0.357. The van der Waals surface area contributed by atoms with Crippen molar-refractivity contribution in [2.45, 2.75) is 17.2 Å². The molecule has 1 unspecified atom stereocenters. The average Bonchev–Trinajstić information content (AvgIpc) is 2.84. The van der Waals surface area contributed by atoms with Gasteiger partial charge in [0.25, 0.3) is 0 Å². The number of rotatable bonds is 5. The summed E-state index contributed by atoms with van der Waals surface area (Å²) in [5.74, 6) is 0.578. The summed E-state index contributed by atoms with van der Waals surface area (Å²) in [6.07, 6.45) is 1.03. The fraction of sp³-hybridized carbons (Fsp3) is 0.571. The van der Waals surface area contributed by atoms with Gasteiger partial charge in [-0.2, -0.15) is 0 Å². The van der Waals surface area contributed by atoms with E-state index in [-0.39, 0.29) is 10.8 Å². The molecule has 1 saturated heterocycles. The average molecular weight is 351 g/mol. The molecule has 4 nitrogen and oxygen atoms in total. The van der Waals surface area contributed by atoms with Crippen LogP contribution in [0.1, 0.15) is 12.0 Å². The van der Waals surface area contributed by atoms with Crippen molar-refractivity contribution < 1.29 is 8.42 Å². The summed E-state index contributed by atoms with van der Waals surface area (Å²) in [5.41, 5.74) is 0.633. The molecule has 21 heavy (non-hydrogen) atoms. The Kier molecular flexibility index (Phi) is 5.54. The molecule has 2 rings (SSSR count). The van der Waals surface area contributed by atoms with E-state index in [0.29, 0.717) is 23.0 Å². The molecule has 7 heteroatoms. The molecule has 1 heterocycles. The van der Waals surface area contributed by atoms with Crippen LogP contribution in [0.3, 0.4) is 0 Å². The predicted octanol–water partition coefficient (Wildman–Crippen LogP) is 2.65. The van der Waals surface area contributed by atoms with Crippen molar-refractivity contribution >= 4 is 33.2 Å². The lowest BCUT2D eigenvalue weighted by Crippen LogP contribution is -2.33. The Morgan fingerprint density at radius 3 is 2.71 bits per heavy atom. The molecule has 1 atom stereocenters. The summed E-state index contributed by atoms with van der Waals surface area (Å²) in [6, 6.07) is 4.68. The minimum Gasteiger partial charge on any atom is -0.306 e. The largest absolute Gasteiger partial charge is 0.306 e. The maximum Gasteiger partial charge on any atom is 0.242 e. The second kappa shape index (κ2) is 6.84. The Hall–Kier alpha value is -0.330. The third kappa shape index (κ3) is 3.90. The van der Waals surface area contributed by atoms with Crippen LogP contribution < -0.4 is 0 Å².